The number of nitrogens with one attached hydrogen (secondary N) is 2. The predicted octanol–water partition coefficient (Wildman–Crippen LogP) is 4.72. The van der Waals surface area contributed by atoms with E-state index in [0.717, 1.165) is 0 Å². The number of hydrogen-bond donors (Lipinski definition) is 2. The van der Waals surface area contributed by atoms with Gasteiger partial charge >= 0.3 is 5.97 Å². The number of carbonyl (C=O) groups is 3. The molecule has 0 saturated heterocycles. The monoisotopic (exact) mass is 480 g/mol. The third kappa shape index (κ3) is 7.14. The van der Waals surface area contributed by atoms with Crippen LogP contribution in [0.4, 0.5) is 5.69 Å². The summed E-state index contributed by atoms with van der Waals surface area (Å²) in [6.45, 7) is 7.35. The van der Waals surface area contributed by atoms with Gasteiger partial charge in [-0.1, -0.05) is 37.0 Å². The summed E-state index contributed by atoms with van der Waals surface area (Å²) < 4.78 is 10.7. The molecular formula is C23H26Cl2N2O5. The third-order valence-corrected chi connectivity index (χ3v) is 5.03. The SMILES string of the molecule is CCOc1ccc(C(=O)N[C@H](C(=O)OC(C)C(=O)Nc2ccc(Cl)cc2Cl)C(C)C)cc1. The van der Waals surface area contributed by atoms with Gasteiger partial charge in [0.15, 0.2) is 6.10 Å². The molecule has 2 aromatic carbocycles. The van der Waals surface area contributed by atoms with Crippen molar-refractivity contribution in [3.05, 3.63) is 58.1 Å². The molecule has 0 spiro atoms. The van der Waals surface area contributed by atoms with Crippen molar-refractivity contribution < 1.29 is 23.9 Å². The first kappa shape index (κ1) is 25.5. The van der Waals surface area contributed by atoms with Crippen LogP contribution in [0, 0.1) is 5.92 Å². The Morgan fingerprint density at radius 3 is 2.22 bits per heavy atom. The molecule has 0 heterocycles. The number of rotatable bonds is 9. The standard InChI is InChI=1S/C23H26Cl2N2O5/c1-5-31-17-9-6-15(7-10-17)22(29)27-20(13(2)3)23(30)32-14(4)21(28)26-19-11-8-16(24)12-18(19)25/h6-14,20H,5H2,1-4H3,(H,26,28)(H,27,29)/t14?,20-/m0/s1. The maximum Gasteiger partial charge on any atom is 0.329 e. The molecule has 7 nitrogen and oxygen atoms in total. The highest BCUT2D eigenvalue weighted by Gasteiger charge is 2.29. The fourth-order valence-corrected chi connectivity index (χ4v) is 3.17. The Balaban J connectivity index is 2.00. The second-order valence-corrected chi connectivity index (χ2v) is 8.19. The Bertz CT molecular complexity index is 963. The number of hydrogen-bond acceptors (Lipinski definition) is 5. The quantitative estimate of drug-likeness (QED) is 0.506. The molecule has 2 N–H and O–H groups in total. The maximum atomic E-state index is 12.7. The molecule has 2 aromatic rings. The molecule has 0 aliphatic carbocycles. The summed E-state index contributed by atoms with van der Waals surface area (Å²) in [5, 5.41) is 5.94. The van der Waals surface area contributed by atoms with Crippen LogP contribution in [0.2, 0.25) is 10.0 Å². The van der Waals surface area contributed by atoms with Crippen LogP contribution in [0.25, 0.3) is 0 Å². The van der Waals surface area contributed by atoms with Crippen LogP contribution in [-0.4, -0.2) is 36.5 Å². The Labute approximate surface area is 197 Å². The summed E-state index contributed by atoms with van der Waals surface area (Å²) in [7, 11) is 0. The van der Waals surface area contributed by atoms with E-state index < -0.39 is 29.9 Å². The molecule has 0 aromatic heterocycles. The highest BCUT2D eigenvalue weighted by atomic mass is 35.5. The lowest BCUT2D eigenvalue weighted by molar-refractivity contribution is -0.156. The van der Waals surface area contributed by atoms with E-state index in [0.29, 0.717) is 28.6 Å². The van der Waals surface area contributed by atoms with Crippen molar-refractivity contribution in [2.75, 3.05) is 11.9 Å². The number of benzene rings is 2. The van der Waals surface area contributed by atoms with Gasteiger partial charge in [-0.15, -0.1) is 0 Å². The molecule has 2 amide bonds. The Hall–Kier alpha value is -2.77. The van der Waals surface area contributed by atoms with Crippen LogP contribution in [0.15, 0.2) is 42.5 Å². The lowest BCUT2D eigenvalue weighted by atomic mass is 10.0. The lowest BCUT2D eigenvalue weighted by Gasteiger charge is -2.23. The third-order valence-electron chi connectivity index (χ3n) is 4.49. The molecule has 0 bridgehead atoms. The normalized spacial score (nSPS) is 12.6. The number of anilines is 1. The molecule has 2 atom stereocenters. The molecule has 0 aliphatic rings. The molecule has 0 aliphatic heterocycles. The van der Waals surface area contributed by atoms with Crippen LogP contribution in [-0.2, 0) is 14.3 Å². The number of esters is 1. The lowest BCUT2D eigenvalue weighted by Crippen LogP contribution is -2.47. The van der Waals surface area contributed by atoms with Gasteiger partial charge in [0, 0.05) is 10.6 Å². The summed E-state index contributed by atoms with van der Waals surface area (Å²) in [6, 6.07) is 10.2. The minimum Gasteiger partial charge on any atom is -0.494 e. The van der Waals surface area contributed by atoms with Crippen molar-refractivity contribution in [1.29, 1.82) is 0 Å². The van der Waals surface area contributed by atoms with E-state index in [-0.39, 0.29) is 10.9 Å². The van der Waals surface area contributed by atoms with Gasteiger partial charge < -0.3 is 20.1 Å². The molecule has 0 saturated carbocycles. The van der Waals surface area contributed by atoms with Crippen molar-refractivity contribution in [1.82, 2.24) is 5.32 Å². The molecule has 2 rings (SSSR count). The smallest absolute Gasteiger partial charge is 0.329 e. The van der Waals surface area contributed by atoms with Crippen molar-refractivity contribution in [2.45, 2.75) is 39.8 Å². The second kappa shape index (κ2) is 11.7. The van der Waals surface area contributed by atoms with E-state index in [4.69, 9.17) is 32.7 Å². The molecule has 0 radical (unpaired) electrons. The van der Waals surface area contributed by atoms with Crippen LogP contribution in [0.5, 0.6) is 5.75 Å². The van der Waals surface area contributed by atoms with Crippen molar-refractivity contribution >= 4 is 46.7 Å². The first-order valence-corrected chi connectivity index (χ1v) is 10.9. The summed E-state index contributed by atoms with van der Waals surface area (Å²) in [5.41, 5.74) is 0.711. The first-order chi connectivity index (χ1) is 15.1. The average Bonchev–Trinajstić information content (AvgIpc) is 2.74. The van der Waals surface area contributed by atoms with Gasteiger partial charge in [0.2, 0.25) is 0 Å². The Morgan fingerprint density at radius 1 is 1.00 bits per heavy atom. The van der Waals surface area contributed by atoms with E-state index in [9.17, 15) is 14.4 Å². The van der Waals surface area contributed by atoms with Gasteiger partial charge in [-0.05, 0) is 62.2 Å². The summed E-state index contributed by atoms with van der Waals surface area (Å²) in [5.74, 6) is -1.35. The summed E-state index contributed by atoms with van der Waals surface area (Å²) in [6.07, 6.45) is -1.11. The largest absolute Gasteiger partial charge is 0.494 e. The Kier molecular flexibility index (Phi) is 9.35. The summed E-state index contributed by atoms with van der Waals surface area (Å²) >= 11 is 11.9. The minimum atomic E-state index is -1.11. The predicted molar refractivity (Wildman–Crippen MR) is 124 cm³/mol. The summed E-state index contributed by atoms with van der Waals surface area (Å²) in [4.78, 5) is 37.7. The van der Waals surface area contributed by atoms with Gasteiger partial charge in [-0.25, -0.2) is 4.79 Å². The van der Waals surface area contributed by atoms with Crippen LogP contribution >= 0.6 is 23.2 Å². The molecule has 9 heteroatoms. The van der Waals surface area contributed by atoms with Crippen LogP contribution in [0.3, 0.4) is 0 Å². The van der Waals surface area contributed by atoms with Crippen LogP contribution in [0.1, 0.15) is 38.1 Å². The van der Waals surface area contributed by atoms with E-state index in [1.165, 1.54) is 13.0 Å². The number of carbonyl (C=O) groups excluding carboxylic acids is 3. The zero-order valence-corrected chi connectivity index (χ0v) is 19.8. The highest BCUT2D eigenvalue weighted by Crippen LogP contribution is 2.25. The van der Waals surface area contributed by atoms with E-state index >= 15 is 0 Å². The van der Waals surface area contributed by atoms with Gasteiger partial charge in [-0.2, -0.15) is 0 Å². The van der Waals surface area contributed by atoms with E-state index in [2.05, 4.69) is 10.6 Å². The van der Waals surface area contributed by atoms with Crippen LogP contribution < -0.4 is 15.4 Å². The van der Waals surface area contributed by atoms with E-state index in [1.807, 2.05) is 6.92 Å². The van der Waals surface area contributed by atoms with Crippen molar-refractivity contribution in [2.24, 2.45) is 5.92 Å². The average molecular weight is 481 g/mol. The fourth-order valence-electron chi connectivity index (χ4n) is 2.72. The first-order valence-electron chi connectivity index (χ1n) is 10.1. The topological polar surface area (TPSA) is 93.7 Å². The zero-order valence-electron chi connectivity index (χ0n) is 18.3. The zero-order chi connectivity index (χ0) is 23.8. The maximum absolute atomic E-state index is 12.7. The Morgan fingerprint density at radius 2 is 1.66 bits per heavy atom. The van der Waals surface area contributed by atoms with Crippen molar-refractivity contribution in [3.8, 4) is 5.75 Å². The fraction of sp³-hybridized carbons (Fsp3) is 0.348. The van der Waals surface area contributed by atoms with Gasteiger partial charge in [0.25, 0.3) is 11.8 Å². The number of ether oxygens (including phenoxy) is 2. The molecular weight excluding hydrogens is 455 g/mol. The van der Waals surface area contributed by atoms with Crippen molar-refractivity contribution in [3.63, 3.8) is 0 Å². The minimum absolute atomic E-state index is 0.257. The number of halogens is 2. The van der Waals surface area contributed by atoms with Gasteiger partial charge in [-0.3, -0.25) is 9.59 Å². The molecule has 32 heavy (non-hydrogen) atoms. The molecule has 172 valence electrons. The van der Waals surface area contributed by atoms with Gasteiger partial charge in [0.05, 0.1) is 17.3 Å². The molecule has 1 unspecified atom stereocenters. The molecule has 0 fully saturated rings. The van der Waals surface area contributed by atoms with Gasteiger partial charge in [0.1, 0.15) is 11.8 Å². The highest BCUT2D eigenvalue weighted by molar-refractivity contribution is 6.36. The number of amides is 2. The second-order valence-electron chi connectivity index (χ2n) is 7.35. The van der Waals surface area contributed by atoms with E-state index in [1.54, 1.807) is 50.2 Å².